The van der Waals surface area contributed by atoms with Crippen LogP contribution in [0.15, 0.2) is 94.7 Å². The number of nitrogens with zero attached hydrogens (tertiary/aromatic N) is 1. The molecule has 0 saturated heterocycles. The van der Waals surface area contributed by atoms with Gasteiger partial charge in [-0.25, -0.2) is 0 Å². The van der Waals surface area contributed by atoms with Crippen LogP contribution in [0.1, 0.15) is 28.7 Å². The predicted octanol–water partition coefficient (Wildman–Crippen LogP) is 2.64. The van der Waals surface area contributed by atoms with Crippen molar-refractivity contribution in [2.75, 3.05) is 20.6 Å². The van der Waals surface area contributed by atoms with Gasteiger partial charge in [-0.1, -0.05) is 65.9 Å². The first-order valence-electron chi connectivity index (χ1n) is 11.8. The summed E-state index contributed by atoms with van der Waals surface area (Å²) in [4.78, 5) is 23.7. The lowest BCUT2D eigenvalue weighted by Gasteiger charge is -2.23. The minimum atomic E-state index is -1.55. The molecule has 0 atom stereocenters. The molecular weight excluding hydrogens is 502 g/mol. The Bertz CT molecular complexity index is 1280. The number of carbonyl (C=O) groups excluding carboxylic acids is 2. The van der Waals surface area contributed by atoms with E-state index in [2.05, 4.69) is 98.7 Å². The van der Waals surface area contributed by atoms with Crippen LogP contribution in [-0.4, -0.2) is 43.0 Å². The summed E-state index contributed by atoms with van der Waals surface area (Å²) in [5, 5.41) is 18.8. The molecule has 38 heavy (non-hydrogen) atoms. The van der Waals surface area contributed by atoms with Gasteiger partial charge in [0.05, 0.1) is 11.9 Å². The van der Waals surface area contributed by atoms with E-state index in [1.54, 1.807) is 0 Å². The summed E-state index contributed by atoms with van der Waals surface area (Å²) in [6, 6.07) is 23.7. The van der Waals surface area contributed by atoms with Crippen molar-refractivity contribution in [1.82, 2.24) is 4.90 Å². The number of benzene rings is 3. The topological polar surface area (TPSA) is 124 Å². The molecular formula is C30H31NO6S-2. The molecule has 8 heteroatoms. The molecule has 0 aliphatic carbocycles. The van der Waals surface area contributed by atoms with Gasteiger partial charge in [0.2, 0.25) is 0 Å². The first kappa shape index (κ1) is 30.4. The molecule has 200 valence electrons. The number of aliphatic carboxylic acids is 2. The minimum Gasteiger partial charge on any atom is -0.545 e. The van der Waals surface area contributed by atoms with Crippen molar-refractivity contribution in [2.24, 2.45) is 0 Å². The zero-order valence-electron chi connectivity index (χ0n) is 21.6. The average molecular weight is 534 g/mol. The smallest absolute Gasteiger partial charge is 0.120 e. The van der Waals surface area contributed by atoms with Crippen LogP contribution in [0.3, 0.4) is 0 Å². The van der Waals surface area contributed by atoms with E-state index in [1.165, 1.54) is 37.6 Å². The maximum Gasteiger partial charge on any atom is 0.120 e. The zero-order chi connectivity index (χ0) is 26.8. The molecule has 0 fully saturated rings. The van der Waals surface area contributed by atoms with Crippen LogP contribution < -0.4 is 14.9 Å². The third-order valence-corrected chi connectivity index (χ3v) is 6.60. The van der Waals surface area contributed by atoms with Gasteiger partial charge in [0.1, 0.15) is 12.4 Å². The quantitative estimate of drug-likeness (QED) is 0.319. The summed E-state index contributed by atoms with van der Waals surface area (Å²) in [5.74, 6) is -2.17. The normalized spacial score (nSPS) is 12.7. The highest BCUT2D eigenvalue weighted by atomic mass is 32.2. The zero-order valence-corrected chi connectivity index (χ0v) is 22.4. The third kappa shape index (κ3) is 9.23. The van der Waals surface area contributed by atoms with Crippen LogP contribution in [0.5, 0.6) is 5.75 Å². The molecule has 1 aliphatic heterocycles. The van der Waals surface area contributed by atoms with Gasteiger partial charge < -0.3 is 34.9 Å². The van der Waals surface area contributed by atoms with Crippen LogP contribution in [0.4, 0.5) is 0 Å². The van der Waals surface area contributed by atoms with Crippen LogP contribution in [0.2, 0.25) is 0 Å². The molecule has 0 saturated carbocycles. The number of rotatable bonds is 8. The summed E-state index contributed by atoms with van der Waals surface area (Å²) >= 11 is 1.84. The predicted molar refractivity (Wildman–Crippen MR) is 146 cm³/mol. The Labute approximate surface area is 227 Å². The molecule has 0 aromatic heterocycles. The molecule has 7 nitrogen and oxygen atoms in total. The Kier molecular flexibility index (Phi) is 11.8. The molecule has 2 N–H and O–H groups in total. The van der Waals surface area contributed by atoms with E-state index in [9.17, 15) is 19.8 Å². The number of fused-ring (bicyclic) bond motifs is 2. The van der Waals surface area contributed by atoms with Gasteiger partial charge in [0.25, 0.3) is 0 Å². The third-order valence-electron chi connectivity index (χ3n) is 5.44. The Morgan fingerprint density at radius 2 is 1.53 bits per heavy atom. The van der Waals surface area contributed by atoms with E-state index in [1.807, 2.05) is 11.8 Å². The Morgan fingerprint density at radius 3 is 2.16 bits per heavy atom. The molecule has 4 rings (SSSR count). The van der Waals surface area contributed by atoms with E-state index >= 15 is 0 Å². The summed E-state index contributed by atoms with van der Waals surface area (Å²) in [6.07, 6.45) is 4.17. The first-order valence-corrected chi connectivity index (χ1v) is 12.6. The molecule has 0 bridgehead atoms. The van der Waals surface area contributed by atoms with Crippen LogP contribution in [-0.2, 0) is 16.2 Å². The van der Waals surface area contributed by atoms with E-state index in [0.29, 0.717) is 18.8 Å². The molecule has 1 aliphatic rings. The molecule has 0 radical (unpaired) electrons. The highest BCUT2D eigenvalue weighted by Crippen LogP contribution is 2.46. The maximum atomic E-state index is 9.41. The second kappa shape index (κ2) is 14.8. The second-order valence-electron chi connectivity index (χ2n) is 8.71. The fourth-order valence-electron chi connectivity index (χ4n) is 3.61. The average Bonchev–Trinajstić information content (AvgIpc) is 2.87. The van der Waals surface area contributed by atoms with Crippen LogP contribution in [0.25, 0.3) is 5.57 Å². The Morgan fingerprint density at radius 1 is 0.895 bits per heavy atom. The van der Waals surface area contributed by atoms with E-state index in [0.717, 1.165) is 18.7 Å². The van der Waals surface area contributed by atoms with E-state index in [-0.39, 0.29) is 5.48 Å². The van der Waals surface area contributed by atoms with Crippen molar-refractivity contribution < 1.29 is 30.0 Å². The molecule has 0 unspecified atom stereocenters. The summed E-state index contributed by atoms with van der Waals surface area (Å²) in [7, 11) is 4.24. The van der Waals surface area contributed by atoms with Gasteiger partial charge in [-0.15, -0.1) is 0 Å². The maximum absolute atomic E-state index is 9.41. The SMILES string of the molecule is Cc1ccc(COc2ccc3c(c2)/C(=C/CCN(C)C)c2ccccc2S3)cc1.O.O=C([O-])/C=C/C(=O)[O-]. The van der Waals surface area contributed by atoms with Crippen molar-refractivity contribution in [3.05, 3.63) is 107 Å². The van der Waals surface area contributed by atoms with Gasteiger partial charge in [0.15, 0.2) is 0 Å². The lowest BCUT2D eigenvalue weighted by Crippen LogP contribution is -2.23. The van der Waals surface area contributed by atoms with Crippen LogP contribution in [0, 0.1) is 6.92 Å². The fraction of sp³-hybridized carbons (Fsp3) is 0.200. The lowest BCUT2D eigenvalue weighted by atomic mass is 9.96. The number of carboxylic acids is 2. The summed E-state index contributed by atoms with van der Waals surface area (Å²) in [5.41, 5.74) is 6.37. The van der Waals surface area contributed by atoms with Crippen molar-refractivity contribution in [2.45, 2.75) is 29.7 Å². The molecule has 3 aromatic rings. The van der Waals surface area contributed by atoms with Crippen molar-refractivity contribution in [3.63, 3.8) is 0 Å². The number of aryl methyl sites for hydroxylation is 1. The molecule has 1 heterocycles. The first-order chi connectivity index (χ1) is 17.7. The number of carbonyl (C=O) groups is 2. The lowest BCUT2D eigenvalue weighted by molar-refractivity contribution is -0.301. The summed E-state index contributed by atoms with van der Waals surface area (Å²) < 4.78 is 6.13. The highest BCUT2D eigenvalue weighted by Gasteiger charge is 2.21. The second-order valence-corrected chi connectivity index (χ2v) is 9.80. The number of hydrogen-bond acceptors (Lipinski definition) is 7. The Hall–Kier alpha value is -3.85. The van der Waals surface area contributed by atoms with Crippen molar-refractivity contribution in [3.8, 4) is 5.75 Å². The Balaban J connectivity index is 0.000000493. The van der Waals surface area contributed by atoms with Gasteiger partial charge in [0, 0.05) is 16.3 Å². The van der Waals surface area contributed by atoms with Gasteiger partial charge in [-0.3, -0.25) is 0 Å². The van der Waals surface area contributed by atoms with Gasteiger partial charge >= 0.3 is 0 Å². The van der Waals surface area contributed by atoms with Gasteiger partial charge in [-0.05, 0) is 86.1 Å². The van der Waals surface area contributed by atoms with E-state index < -0.39 is 11.9 Å². The fourth-order valence-corrected chi connectivity index (χ4v) is 4.70. The number of ether oxygens (including phenoxy) is 1. The number of hydrogen-bond donors (Lipinski definition) is 0. The monoisotopic (exact) mass is 533 g/mol. The van der Waals surface area contributed by atoms with Crippen molar-refractivity contribution >= 4 is 29.3 Å². The van der Waals surface area contributed by atoms with Crippen LogP contribution >= 0.6 is 11.8 Å². The highest BCUT2D eigenvalue weighted by molar-refractivity contribution is 7.99. The minimum absolute atomic E-state index is 0. The molecule has 3 aromatic carbocycles. The van der Waals surface area contributed by atoms with Gasteiger partial charge in [-0.2, -0.15) is 0 Å². The molecule has 0 amide bonds. The summed E-state index contributed by atoms with van der Waals surface area (Å²) in [6.45, 7) is 3.73. The molecule has 0 spiro atoms. The number of carboxylic acid groups (broad SMARTS) is 2. The van der Waals surface area contributed by atoms with Crippen molar-refractivity contribution in [1.29, 1.82) is 0 Å². The largest absolute Gasteiger partial charge is 0.545 e. The standard InChI is InChI=1S/C26H27NOS.C4H4O4.H2O/c1-19-10-12-20(13-11-19)18-28-21-14-15-26-24(17-21)22(8-6-16-27(2)3)23-7-4-5-9-25(23)29-26;5-3(6)1-2-4(7)8;/h4-5,7-15,17H,6,16,18H2,1-3H3;1-2H,(H,5,6)(H,7,8);1H2/p-2/b22-8+;2-1+;. The van der Waals surface area contributed by atoms with E-state index in [4.69, 9.17) is 4.74 Å².